The second kappa shape index (κ2) is 11.7. The fraction of sp³-hybridized carbons (Fsp3) is 0.357. The van der Waals surface area contributed by atoms with Crippen LogP contribution in [0.5, 0.6) is 0 Å². The van der Waals surface area contributed by atoms with Gasteiger partial charge in [0.05, 0.1) is 34.5 Å². The van der Waals surface area contributed by atoms with E-state index in [2.05, 4.69) is 20.6 Å². The summed E-state index contributed by atoms with van der Waals surface area (Å²) >= 11 is 0. The lowest BCUT2D eigenvalue weighted by atomic mass is 9.80. The Bertz CT molecular complexity index is 1270. The Kier molecular flexibility index (Phi) is 8.41. The van der Waals surface area contributed by atoms with E-state index < -0.39 is 17.2 Å². The average molecular weight is 527 g/mol. The van der Waals surface area contributed by atoms with Gasteiger partial charge in [0.15, 0.2) is 5.78 Å². The molecule has 0 saturated carbocycles. The van der Waals surface area contributed by atoms with Gasteiger partial charge in [-0.2, -0.15) is 13.2 Å². The first-order valence-corrected chi connectivity index (χ1v) is 12.4. The molecule has 0 bridgehead atoms. The Morgan fingerprint density at radius 1 is 1.11 bits per heavy atom. The van der Waals surface area contributed by atoms with E-state index in [4.69, 9.17) is 4.74 Å². The molecule has 0 aliphatic carbocycles. The number of para-hydroxylation sites is 1. The second-order valence-corrected chi connectivity index (χ2v) is 9.43. The van der Waals surface area contributed by atoms with E-state index in [-0.39, 0.29) is 30.3 Å². The molecule has 0 spiro atoms. The van der Waals surface area contributed by atoms with Gasteiger partial charge in [-0.25, -0.2) is 9.97 Å². The van der Waals surface area contributed by atoms with Crippen LogP contribution < -0.4 is 10.6 Å². The summed E-state index contributed by atoms with van der Waals surface area (Å²) in [6.07, 6.45) is 0.357. The Hall–Kier alpha value is -3.79. The van der Waals surface area contributed by atoms with E-state index in [1.54, 1.807) is 31.2 Å². The number of nitrogens with zero attached hydrogens (tertiary/aromatic N) is 2. The van der Waals surface area contributed by atoms with E-state index in [0.717, 1.165) is 11.6 Å². The van der Waals surface area contributed by atoms with Crippen LogP contribution in [0.4, 0.5) is 24.5 Å². The molecular weight excluding hydrogens is 497 g/mol. The first-order valence-electron chi connectivity index (χ1n) is 12.4. The van der Waals surface area contributed by atoms with Crippen LogP contribution in [-0.2, 0) is 22.3 Å². The predicted octanol–water partition coefficient (Wildman–Crippen LogP) is 5.62. The molecule has 3 aromatic rings. The molecule has 7 nitrogen and oxygen atoms in total. The number of halogens is 3. The average Bonchev–Trinajstić information content (AvgIpc) is 3.38. The van der Waals surface area contributed by atoms with Crippen molar-refractivity contribution in [2.45, 2.75) is 45.3 Å². The highest BCUT2D eigenvalue weighted by atomic mass is 19.4. The first kappa shape index (κ1) is 27.3. The summed E-state index contributed by atoms with van der Waals surface area (Å²) in [7, 11) is 0. The summed E-state index contributed by atoms with van der Waals surface area (Å²) in [5.41, 5.74) is 0.955. The maximum absolute atomic E-state index is 13.3. The lowest BCUT2D eigenvalue weighted by molar-refractivity contribution is -0.137. The smallest absolute Gasteiger partial charge is 0.380 e. The van der Waals surface area contributed by atoms with E-state index in [9.17, 15) is 22.8 Å². The third-order valence-electron chi connectivity index (χ3n) is 6.77. The number of aromatic nitrogens is 2. The van der Waals surface area contributed by atoms with E-state index in [0.29, 0.717) is 49.4 Å². The van der Waals surface area contributed by atoms with Crippen molar-refractivity contribution in [2.24, 2.45) is 5.41 Å². The highest BCUT2D eigenvalue weighted by molar-refractivity contribution is 5.96. The van der Waals surface area contributed by atoms with Crippen LogP contribution in [0.2, 0.25) is 0 Å². The number of rotatable bonds is 10. The van der Waals surface area contributed by atoms with Crippen molar-refractivity contribution < 1.29 is 27.5 Å². The third kappa shape index (κ3) is 6.55. The lowest BCUT2D eigenvalue weighted by Crippen LogP contribution is -2.41. The molecule has 2 N–H and O–H groups in total. The number of anilines is 2. The molecule has 1 fully saturated rings. The molecule has 1 saturated heterocycles. The number of benzene rings is 2. The van der Waals surface area contributed by atoms with Crippen molar-refractivity contribution in [3.05, 3.63) is 83.4 Å². The quantitative estimate of drug-likeness (QED) is 0.333. The molecule has 0 unspecified atom stereocenters. The summed E-state index contributed by atoms with van der Waals surface area (Å²) in [5.74, 6) is -0.188. The molecule has 200 valence electrons. The highest BCUT2D eigenvalue weighted by Crippen LogP contribution is 2.36. The number of ether oxygens (including phenoxy) is 1. The SMILES string of the molecule is Cc1ncncc1C(=O)CCC[C@@]1(C(=O)NCc2ccc(Nc3ccccc3C(F)(F)F)cc2)CCOC1. The molecule has 0 radical (unpaired) electrons. The van der Waals surface area contributed by atoms with Gasteiger partial charge >= 0.3 is 6.18 Å². The summed E-state index contributed by atoms with van der Waals surface area (Å²) in [6, 6.07) is 12.1. The molecule has 1 aromatic heterocycles. The van der Waals surface area contributed by atoms with Gasteiger partial charge in [0, 0.05) is 31.5 Å². The van der Waals surface area contributed by atoms with Crippen molar-refractivity contribution in [1.29, 1.82) is 0 Å². The van der Waals surface area contributed by atoms with Crippen LogP contribution in [-0.4, -0.2) is 34.9 Å². The minimum absolute atomic E-state index is 0.0299. The maximum atomic E-state index is 13.3. The zero-order valence-electron chi connectivity index (χ0n) is 21.0. The van der Waals surface area contributed by atoms with Gasteiger partial charge in [-0.3, -0.25) is 9.59 Å². The Labute approximate surface area is 218 Å². The molecule has 1 atom stereocenters. The first-order chi connectivity index (χ1) is 18.2. The van der Waals surface area contributed by atoms with Crippen LogP contribution in [0.15, 0.2) is 61.1 Å². The lowest BCUT2D eigenvalue weighted by Gasteiger charge is -2.26. The zero-order chi connectivity index (χ0) is 27.2. The molecular formula is C28H29F3N4O3. The van der Waals surface area contributed by atoms with Crippen molar-refractivity contribution in [3.8, 4) is 0 Å². The maximum Gasteiger partial charge on any atom is 0.418 e. The number of aryl methyl sites for hydroxylation is 1. The Balaban J connectivity index is 1.32. The van der Waals surface area contributed by atoms with Gasteiger partial charge in [0.2, 0.25) is 5.91 Å². The number of ketones is 1. The summed E-state index contributed by atoms with van der Waals surface area (Å²) in [4.78, 5) is 33.7. The number of hydrogen-bond donors (Lipinski definition) is 2. The Morgan fingerprint density at radius 3 is 2.55 bits per heavy atom. The number of hydrogen-bond acceptors (Lipinski definition) is 6. The molecule has 1 aliphatic rings. The van der Waals surface area contributed by atoms with Crippen LogP contribution in [0.25, 0.3) is 0 Å². The summed E-state index contributed by atoms with van der Waals surface area (Å²) in [6.45, 7) is 2.80. The largest absolute Gasteiger partial charge is 0.418 e. The predicted molar refractivity (Wildman–Crippen MR) is 136 cm³/mol. The van der Waals surface area contributed by atoms with E-state index >= 15 is 0 Å². The minimum atomic E-state index is -4.46. The molecule has 1 aliphatic heterocycles. The molecule has 1 amide bonds. The van der Waals surface area contributed by atoms with Crippen LogP contribution in [0, 0.1) is 12.3 Å². The van der Waals surface area contributed by atoms with Gasteiger partial charge in [0.25, 0.3) is 0 Å². The highest BCUT2D eigenvalue weighted by Gasteiger charge is 2.41. The zero-order valence-corrected chi connectivity index (χ0v) is 21.0. The number of nitrogens with one attached hydrogen (secondary N) is 2. The number of Topliss-reactive ketones (excluding diaryl/α,β-unsaturated/α-hetero) is 1. The van der Waals surface area contributed by atoms with Gasteiger partial charge in [-0.15, -0.1) is 0 Å². The topological polar surface area (TPSA) is 93.2 Å². The normalized spacial score (nSPS) is 17.3. The Morgan fingerprint density at radius 2 is 1.87 bits per heavy atom. The van der Waals surface area contributed by atoms with Crippen molar-refractivity contribution in [1.82, 2.24) is 15.3 Å². The standard InChI is InChI=1S/C28H29F3N4O3/c1-19-22(16-32-18-34-19)25(36)7-4-12-27(13-14-38-17-27)26(37)33-15-20-8-10-21(11-9-20)35-24-6-3-2-5-23(24)28(29,30)31/h2-3,5-6,8-11,16,18,35H,4,7,12-15,17H2,1H3,(H,33,37)/t27-/m1/s1. The van der Waals surface area contributed by atoms with Gasteiger partial charge in [0.1, 0.15) is 6.33 Å². The summed E-state index contributed by atoms with van der Waals surface area (Å²) < 4.78 is 45.3. The number of carbonyl (C=O) groups is 2. The monoisotopic (exact) mass is 526 g/mol. The minimum Gasteiger partial charge on any atom is -0.380 e. The molecule has 10 heteroatoms. The van der Waals surface area contributed by atoms with Gasteiger partial charge < -0.3 is 15.4 Å². The molecule has 38 heavy (non-hydrogen) atoms. The number of amides is 1. The van der Waals surface area contributed by atoms with Crippen molar-refractivity contribution >= 4 is 23.1 Å². The third-order valence-corrected chi connectivity index (χ3v) is 6.77. The van der Waals surface area contributed by atoms with Crippen molar-refractivity contribution in [2.75, 3.05) is 18.5 Å². The van der Waals surface area contributed by atoms with E-state index in [1.807, 2.05) is 0 Å². The van der Waals surface area contributed by atoms with E-state index in [1.165, 1.54) is 30.7 Å². The van der Waals surface area contributed by atoms with Crippen LogP contribution in [0.3, 0.4) is 0 Å². The van der Waals surface area contributed by atoms with Crippen molar-refractivity contribution in [3.63, 3.8) is 0 Å². The number of alkyl halides is 3. The van der Waals surface area contributed by atoms with Crippen LogP contribution in [0.1, 0.15) is 52.9 Å². The summed E-state index contributed by atoms with van der Waals surface area (Å²) in [5, 5.41) is 5.78. The van der Waals surface area contributed by atoms with Gasteiger partial charge in [-0.1, -0.05) is 24.3 Å². The second-order valence-electron chi connectivity index (χ2n) is 9.43. The molecule has 4 rings (SSSR count). The molecule has 2 aromatic carbocycles. The number of carbonyl (C=O) groups excluding carboxylic acids is 2. The fourth-order valence-electron chi connectivity index (χ4n) is 4.55. The molecule has 2 heterocycles. The fourth-order valence-corrected chi connectivity index (χ4v) is 4.55. The van der Waals surface area contributed by atoms with Gasteiger partial charge in [-0.05, 0) is 56.0 Å². The van der Waals surface area contributed by atoms with Crippen LogP contribution >= 0.6 is 0 Å².